The standard InChI is InChI=1S/C10H11F2I/c1-2-7-10(11,12)8-3-5-9(13)6-4-8/h3-6H,2,7H2,1H3. The fourth-order valence-electron chi connectivity index (χ4n) is 1.15. The number of benzene rings is 1. The second-order valence-electron chi connectivity index (χ2n) is 2.96. The zero-order valence-electron chi connectivity index (χ0n) is 7.36. The predicted octanol–water partition coefficient (Wildman–Crippen LogP) is 4.18. The van der Waals surface area contributed by atoms with Gasteiger partial charge in [-0.1, -0.05) is 25.5 Å². The summed E-state index contributed by atoms with van der Waals surface area (Å²) in [6, 6.07) is 6.41. The van der Waals surface area contributed by atoms with E-state index in [0.717, 1.165) is 3.57 Å². The van der Waals surface area contributed by atoms with Crippen molar-refractivity contribution < 1.29 is 8.78 Å². The third-order valence-electron chi connectivity index (χ3n) is 1.83. The van der Waals surface area contributed by atoms with Crippen LogP contribution in [0, 0.1) is 3.57 Å². The maximum atomic E-state index is 13.3. The molecule has 0 saturated heterocycles. The Morgan fingerprint density at radius 1 is 1.23 bits per heavy atom. The monoisotopic (exact) mass is 296 g/mol. The lowest BCUT2D eigenvalue weighted by molar-refractivity contribution is -0.0140. The summed E-state index contributed by atoms with van der Waals surface area (Å²) in [4.78, 5) is 0. The van der Waals surface area contributed by atoms with Crippen LogP contribution in [0.2, 0.25) is 0 Å². The third-order valence-corrected chi connectivity index (χ3v) is 2.55. The van der Waals surface area contributed by atoms with Crippen LogP contribution in [0.5, 0.6) is 0 Å². The molecule has 0 N–H and O–H groups in total. The first kappa shape index (κ1) is 10.9. The van der Waals surface area contributed by atoms with Crippen LogP contribution in [0.4, 0.5) is 8.78 Å². The number of hydrogen-bond donors (Lipinski definition) is 0. The molecule has 0 atom stereocenters. The van der Waals surface area contributed by atoms with Gasteiger partial charge in [-0.3, -0.25) is 0 Å². The summed E-state index contributed by atoms with van der Waals surface area (Å²) in [7, 11) is 0. The van der Waals surface area contributed by atoms with Crippen LogP contribution in [0.25, 0.3) is 0 Å². The van der Waals surface area contributed by atoms with Crippen molar-refractivity contribution in [1.29, 1.82) is 0 Å². The number of halogens is 3. The minimum atomic E-state index is -2.67. The van der Waals surface area contributed by atoms with E-state index >= 15 is 0 Å². The van der Waals surface area contributed by atoms with Gasteiger partial charge in [0.25, 0.3) is 5.92 Å². The van der Waals surface area contributed by atoms with E-state index in [-0.39, 0.29) is 12.0 Å². The summed E-state index contributed by atoms with van der Waals surface area (Å²) in [5.41, 5.74) is 0.120. The third kappa shape index (κ3) is 2.90. The van der Waals surface area contributed by atoms with E-state index in [1.807, 2.05) is 0 Å². The summed E-state index contributed by atoms with van der Waals surface area (Å²) in [5.74, 6) is -2.67. The molecule has 0 amide bonds. The fraction of sp³-hybridized carbons (Fsp3) is 0.400. The molecule has 0 nitrogen and oxygen atoms in total. The first-order valence-electron chi connectivity index (χ1n) is 4.20. The van der Waals surface area contributed by atoms with Crippen molar-refractivity contribution in [3.05, 3.63) is 33.4 Å². The molecule has 13 heavy (non-hydrogen) atoms. The Bertz CT molecular complexity index is 267. The van der Waals surface area contributed by atoms with Crippen LogP contribution in [0.15, 0.2) is 24.3 Å². The predicted molar refractivity (Wildman–Crippen MR) is 58.0 cm³/mol. The maximum absolute atomic E-state index is 13.3. The second-order valence-corrected chi connectivity index (χ2v) is 4.21. The van der Waals surface area contributed by atoms with Gasteiger partial charge in [0.1, 0.15) is 0 Å². The van der Waals surface area contributed by atoms with Gasteiger partial charge >= 0.3 is 0 Å². The summed E-state index contributed by atoms with van der Waals surface area (Å²) in [6.45, 7) is 1.76. The van der Waals surface area contributed by atoms with Crippen molar-refractivity contribution in [1.82, 2.24) is 0 Å². The highest BCUT2D eigenvalue weighted by molar-refractivity contribution is 14.1. The van der Waals surface area contributed by atoms with Crippen molar-refractivity contribution in [2.45, 2.75) is 25.7 Å². The van der Waals surface area contributed by atoms with Gasteiger partial charge < -0.3 is 0 Å². The Balaban J connectivity index is 2.87. The van der Waals surface area contributed by atoms with Crippen molar-refractivity contribution in [2.75, 3.05) is 0 Å². The largest absolute Gasteiger partial charge is 0.273 e. The first-order valence-corrected chi connectivity index (χ1v) is 5.28. The van der Waals surface area contributed by atoms with Crippen LogP contribution in [-0.4, -0.2) is 0 Å². The normalized spacial score (nSPS) is 11.7. The molecule has 0 aliphatic heterocycles. The van der Waals surface area contributed by atoms with E-state index in [2.05, 4.69) is 22.6 Å². The van der Waals surface area contributed by atoms with E-state index in [1.165, 1.54) is 12.1 Å². The van der Waals surface area contributed by atoms with Gasteiger partial charge in [-0.05, 0) is 34.7 Å². The average Bonchev–Trinajstić information content (AvgIpc) is 2.05. The van der Waals surface area contributed by atoms with Gasteiger partial charge in [-0.25, -0.2) is 8.78 Å². The van der Waals surface area contributed by atoms with Gasteiger partial charge in [-0.15, -0.1) is 0 Å². The Labute approximate surface area is 90.5 Å². The van der Waals surface area contributed by atoms with E-state index in [0.29, 0.717) is 6.42 Å². The van der Waals surface area contributed by atoms with Gasteiger partial charge in [0, 0.05) is 15.6 Å². The smallest absolute Gasteiger partial charge is 0.201 e. The van der Waals surface area contributed by atoms with Crippen LogP contribution in [0.1, 0.15) is 25.3 Å². The molecule has 0 radical (unpaired) electrons. The minimum absolute atomic E-state index is 0.0758. The van der Waals surface area contributed by atoms with Crippen LogP contribution < -0.4 is 0 Å². The second kappa shape index (κ2) is 4.35. The van der Waals surface area contributed by atoms with Crippen LogP contribution in [-0.2, 0) is 5.92 Å². The molecule has 72 valence electrons. The lowest BCUT2D eigenvalue weighted by atomic mass is 10.0. The molecular weight excluding hydrogens is 285 g/mol. The van der Waals surface area contributed by atoms with E-state index in [1.54, 1.807) is 19.1 Å². The van der Waals surface area contributed by atoms with Crippen LogP contribution >= 0.6 is 22.6 Å². The maximum Gasteiger partial charge on any atom is 0.273 e. The molecule has 0 spiro atoms. The summed E-state index contributed by atoms with van der Waals surface area (Å²) < 4.78 is 27.6. The molecule has 1 aromatic rings. The Morgan fingerprint density at radius 3 is 2.23 bits per heavy atom. The molecule has 0 saturated carbocycles. The first-order chi connectivity index (χ1) is 6.06. The van der Waals surface area contributed by atoms with Crippen molar-refractivity contribution in [2.24, 2.45) is 0 Å². The highest BCUT2D eigenvalue weighted by Crippen LogP contribution is 2.32. The quantitative estimate of drug-likeness (QED) is 0.734. The molecule has 0 aliphatic carbocycles. The Kier molecular flexibility index (Phi) is 3.64. The molecule has 0 unspecified atom stereocenters. The molecule has 0 aromatic heterocycles. The highest BCUT2D eigenvalue weighted by Gasteiger charge is 2.29. The number of alkyl halides is 2. The zero-order valence-corrected chi connectivity index (χ0v) is 9.52. The minimum Gasteiger partial charge on any atom is -0.201 e. The molecule has 1 rings (SSSR count). The highest BCUT2D eigenvalue weighted by atomic mass is 127. The number of rotatable bonds is 3. The summed E-state index contributed by atoms with van der Waals surface area (Å²) >= 11 is 2.10. The zero-order chi connectivity index (χ0) is 9.90. The average molecular weight is 296 g/mol. The van der Waals surface area contributed by atoms with Crippen molar-refractivity contribution in [3.8, 4) is 0 Å². The molecule has 0 fully saturated rings. The van der Waals surface area contributed by atoms with Crippen LogP contribution in [0.3, 0.4) is 0 Å². The summed E-state index contributed by atoms with van der Waals surface area (Å²) in [5, 5.41) is 0. The number of hydrogen-bond acceptors (Lipinski definition) is 0. The van der Waals surface area contributed by atoms with Crippen molar-refractivity contribution in [3.63, 3.8) is 0 Å². The van der Waals surface area contributed by atoms with Gasteiger partial charge in [-0.2, -0.15) is 0 Å². The summed E-state index contributed by atoms with van der Waals surface area (Å²) in [6.07, 6.45) is 0.423. The molecular formula is C10H11F2I. The van der Waals surface area contributed by atoms with Gasteiger partial charge in [0.2, 0.25) is 0 Å². The van der Waals surface area contributed by atoms with E-state index in [4.69, 9.17) is 0 Å². The molecule has 0 bridgehead atoms. The lowest BCUT2D eigenvalue weighted by Gasteiger charge is -2.15. The Hall–Kier alpha value is -0.190. The molecule has 0 aliphatic rings. The Morgan fingerprint density at radius 2 is 1.77 bits per heavy atom. The topological polar surface area (TPSA) is 0 Å². The van der Waals surface area contributed by atoms with E-state index in [9.17, 15) is 8.78 Å². The SMILES string of the molecule is CCCC(F)(F)c1ccc(I)cc1. The fourth-order valence-corrected chi connectivity index (χ4v) is 1.51. The molecule has 1 aromatic carbocycles. The van der Waals surface area contributed by atoms with Gasteiger partial charge in [0.05, 0.1) is 0 Å². The lowest BCUT2D eigenvalue weighted by Crippen LogP contribution is -2.12. The molecule has 0 heterocycles. The molecule has 3 heteroatoms. The van der Waals surface area contributed by atoms with E-state index < -0.39 is 5.92 Å². The van der Waals surface area contributed by atoms with Crippen molar-refractivity contribution >= 4 is 22.6 Å². The van der Waals surface area contributed by atoms with Gasteiger partial charge in [0.15, 0.2) is 0 Å².